The summed E-state index contributed by atoms with van der Waals surface area (Å²) in [6.45, 7) is 4.92. The van der Waals surface area contributed by atoms with Crippen molar-refractivity contribution in [1.82, 2.24) is 5.32 Å². The van der Waals surface area contributed by atoms with Crippen LogP contribution in [0.3, 0.4) is 0 Å². The molecule has 0 aliphatic rings. The predicted molar refractivity (Wildman–Crippen MR) is 86.0 cm³/mol. The van der Waals surface area contributed by atoms with Gasteiger partial charge in [0.1, 0.15) is 0 Å². The number of hydrogen-bond donors (Lipinski definition) is 1. The Balaban J connectivity index is 1.78. The van der Waals surface area contributed by atoms with Crippen molar-refractivity contribution in [2.45, 2.75) is 20.3 Å². The highest BCUT2D eigenvalue weighted by Crippen LogP contribution is 2.20. The van der Waals surface area contributed by atoms with E-state index in [2.05, 4.69) is 25.2 Å². The second-order valence-electron chi connectivity index (χ2n) is 4.72. The molecule has 0 saturated heterocycles. The fourth-order valence-electron chi connectivity index (χ4n) is 2.05. The molecule has 0 saturated carbocycles. The second kappa shape index (κ2) is 7.06. The number of amides is 1. The summed E-state index contributed by atoms with van der Waals surface area (Å²) in [4.78, 5) is 14.4. The van der Waals surface area contributed by atoms with Crippen molar-refractivity contribution in [1.29, 1.82) is 0 Å². The Labute approximate surface area is 124 Å². The van der Waals surface area contributed by atoms with E-state index in [1.807, 2.05) is 47.7 Å². The number of hydrogen-bond acceptors (Lipinski definition) is 2. The number of thiophene rings is 1. The molecule has 0 unspecified atom stereocenters. The largest absolute Gasteiger partial charge is 0.352 e. The molecule has 1 amide bonds. The normalized spacial score (nSPS) is 10.9. The second-order valence-corrected chi connectivity index (χ2v) is 6.18. The molecule has 0 aliphatic heterocycles. The van der Waals surface area contributed by atoms with Crippen LogP contribution in [0, 0.1) is 13.8 Å². The van der Waals surface area contributed by atoms with Gasteiger partial charge in [0.2, 0.25) is 5.91 Å². The van der Waals surface area contributed by atoms with Crippen LogP contribution in [0.5, 0.6) is 0 Å². The lowest BCUT2D eigenvalue weighted by atomic mass is 10.2. The maximum absolute atomic E-state index is 11.7. The highest BCUT2D eigenvalue weighted by atomic mass is 32.1. The Hall–Kier alpha value is -1.87. The van der Waals surface area contributed by atoms with Crippen LogP contribution in [-0.4, -0.2) is 12.5 Å². The van der Waals surface area contributed by atoms with Gasteiger partial charge in [0.05, 0.1) is 0 Å². The van der Waals surface area contributed by atoms with Crippen molar-refractivity contribution in [3.8, 4) is 0 Å². The zero-order chi connectivity index (χ0) is 14.4. The van der Waals surface area contributed by atoms with Gasteiger partial charge in [-0.3, -0.25) is 4.79 Å². The molecule has 1 aromatic heterocycles. The first kappa shape index (κ1) is 14.5. The van der Waals surface area contributed by atoms with Crippen molar-refractivity contribution in [3.05, 3.63) is 63.4 Å². The van der Waals surface area contributed by atoms with Gasteiger partial charge in [-0.25, -0.2) is 0 Å². The van der Waals surface area contributed by atoms with E-state index in [1.54, 1.807) is 6.08 Å². The van der Waals surface area contributed by atoms with Crippen LogP contribution in [-0.2, 0) is 11.2 Å². The molecule has 0 radical (unpaired) electrons. The summed E-state index contributed by atoms with van der Waals surface area (Å²) in [5.74, 6) is -0.0431. The highest BCUT2D eigenvalue weighted by molar-refractivity contribution is 7.12. The minimum atomic E-state index is -0.0431. The van der Waals surface area contributed by atoms with Crippen LogP contribution in [0.1, 0.15) is 20.9 Å². The van der Waals surface area contributed by atoms with Crippen molar-refractivity contribution < 1.29 is 4.79 Å². The van der Waals surface area contributed by atoms with Crippen LogP contribution < -0.4 is 5.32 Å². The van der Waals surface area contributed by atoms with Gasteiger partial charge in [-0.15, -0.1) is 11.3 Å². The van der Waals surface area contributed by atoms with E-state index < -0.39 is 0 Å². The minimum Gasteiger partial charge on any atom is -0.352 e. The first-order valence-electron chi connectivity index (χ1n) is 6.72. The number of nitrogens with one attached hydrogen (secondary N) is 1. The predicted octanol–water partition coefficient (Wildman–Crippen LogP) is 3.74. The first-order chi connectivity index (χ1) is 9.65. The molecule has 1 heterocycles. The fourth-order valence-corrected chi connectivity index (χ4v) is 3.02. The lowest BCUT2D eigenvalue weighted by molar-refractivity contribution is -0.116. The Morgan fingerprint density at radius 3 is 2.65 bits per heavy atom. The van der Waals surface area contributed by atoms with E-state index in [4.69, 9.17) is 0 Å². The molecule has 0 spiro atoms. The van der Waals surface area contributed by atoms with Crippen LogP contribution in [0.25, 0.3) is 6.08 Å². The highest BCUT2D eigenvalue weighted by Gasteiger charge is 2.03. The van der Waals surface area contributed by atoms with Gasteiger partial charge in [-0.1, -0.05) is 30.3 Å². The van der Waals surface area contributed by atoms with E-state index in [0.717, 1.165) is 12.0 Å². The van der Waals surface area contributed by atoms with Crippen LogP contribution in [0.15, 0.2) is 42.5 Å². The Kier molecular flexibility index (Phi) is 5.13. The summed E-state index contributed by atoms with van der Waals surface area (Å²) in [6, 6.07) is 12.0. The molecule has 1 aromatic carbocycles. The average molecular weight is 285 g/mol. The third-order valence-corrected chi connectivity index (χ3v) is 4.07. The summed E-state index contributed by atoms with van der Waals surface area (Å²) in [7, 11) is 0. The summed E-state index contributed by atoms with van der Waals surface area (Å²) < 4.78 is 0. The summed E-state index contributed by atoms with van der Waals surface area (Å²) >= 11 is 1.81. The number of aryl methyl sites for hydroxylation is 2. The maximum Gasteiger partial charge on any atom is 0.244 e. The fraction of sp³-hybridized carbons (Fsp3) is 0.235. The summed E-state index contributed by atoms with van der Waals surface area (Å²) in [5.41, 5.74) is 2.37. The monoisotopic (exact) mass is 285 g/mol. The van der Waals surface area contributed by atoms with Crippen LogP contribution in [0.2, 0.25) is 0 Å². The third-order valence-electron chi connectivity index (χ3n) is 3.06. The third kappa shape index (κ3) is 4.35. The average Bonchev–Trinajstić information content (AvgIpc) is 2.76. The topological polar surface area (TPSA) is 29.1 Å². The molecular formula is C17H19NOS. The van der Waals surface area contributed by atoms with Gasteiger partial charge in [-0.2, -0.15) is 0 Å². The molecule has 2 nitrogen and oxygen atoms in total. The van der Waals surface area contributed by atoms with Crippen molar-refractivity contribution in [2.75, 3.05) is 6.54 Å². The maximum atomic E-state index is 11.7. The summed E-state index contributed by atoms with van der Waals surface area (Å²) in [6.07, 6.45) is 4.30. The SMILES string of the molecule is Cc1cc(CCNC(=O)/C=C/c2ccccc2)c(C)s1. The smallest absolute Gasteiger partial charge is 0.244 e. The van der Waals surface area contributed by atoms with Crippen molar-refractivity contribution >= 4 is 23.3 Å². The molecule has 3 heteroatoms. The van der Waals surface area contributed by atoms with E-state index in [0.29, 0.717) is 6.54 Å². The summed E-state index contributed by atoms with van der Waals surface area (Å²) in [5, 5.41) is 2.92. The van der Waals surface area contributed by atoms with Gasteiger partial charge in [-0.05, 0) is 43.5 Å². The van der Waals surface area contributed by atoms with Crippen molar-refractivity contribution in [3.63, 3.8) is 0 Å². The molecule has 0 fully saturated rings. The molecular weight excluding hydrogens is 266 g/mol. The number of benzene rings is 1. The molecule has 2 aromatic rings. The van der Waals surface area contributed by atoms with E-state index in [-0.39, 0.29) is 5.91 Å². The quantitative estimate of drug-likeness (QED) is 0.833. The number of carbonyl (C=O) groups is 1. The molecule has 2 rings (SSSR count). The van der Waals surface area contributed by atoms with Crippen LogP contribution in [0.4, 0.5) is 0 Å². The molecule has 1 N–H and O–H groups in total. The molecule has 0 atom stereocenters. The Bertz CT molecular complexity index is 599. The Morgan fingerprint density at radius 1 is 1.25 bits per heavy atom. The minimum absolute atomic E-state index is 0.0431. The zero-order valence-corrected chi connectivity index (χ0v) is 12.7. The zero-order valence-electron chi connectivity index (χ0n) is 11.8. The van der Waals surface area contributed by atoms with E-state index >= 15 is 0 Å². The standard InChI is InChI=1S/C17H19NOS/c1-13-12-16(14(2)20-13)10-11-18-17(19)9-8-15-6-4-3-5-7-15/h3-9,12H,10-11H2,1-2H3,(H,18,19)/b9-8+. The Morgan fingerprint density at radius 2 is 2.00 bits per heavy atom. The van der Waals surface area contributed by atoms with Gasteiger partial charge in [0.25, 0.3) is 0 Å². The lowest BCUT2D eigenvalue weighted by Crippen LogP contribution is -2.23. The van der Waals surface area contributed by atoms with Gasteiger partial charge < -0.3 is 5.32 Å². The van der Waals surface area contributed by atoms with Crippen molar-refractivity contribution in [2.24, 2.45) is 0 Å². The van der Waals surface area contributed by atoms with Gasteiger partial charge >= 0.3 is 0 Å². The molecule has 0 bridgehead atoms. The van der Waals surface area contributed by atoms with E-state index in [9.17, 15) is 4.79 Å². The lowest BCUT2D eigenvalue weighted by Gasteiger charge is -2.02. The first-order valence-corrected chi connectivity index (χ1v) is 7.53. The van der Waals surface area contributed by atoms with Gasteiger partial charge in [0, 0.05) is 22.4 Å². The van der Waals surface area contributed by atoms with Crippen LogP contribution >= 0.6 is 11.3 Å². The molecule has 104 valence electrons. The molecule has 20 heavy (non-hydrogen) atoms. The molecule has 0 aliphatic carbocycles. The van der Waals surface area contributed by atoms with Gasteiger partial charge in [0.15, 0.2) is 0 Å². The van der Waals surface area contributed by atoms with E-state index in [1.165, 1.54) is 15.3 Å². The number of rotatable bonds is 5. The number of carbonyl (C=O) groups excluding carboxylic acids is 1.